The molecule has 3 aromatic rings. The summed E-state index contributed by atoms with van der Waals surface area (Å²) in [6.45, 7) is 1.53. The Bertz CT molecular complexity index is 1030. The van der Waals surface area contributed by atoms with Crippen LogP contribution >= 0.6 is 11.3 Å². The minimum atomic E-state index is -3.84. The second kappa shape index (κ2) is 7.32. The van der Waals surface area contributed by atoms with Gasteiger partial charge in [0, 0.05) is 11.8 Å². The maximum Gasteiger partial charge on any atom is 0.249 e. The molecule has 7 nitrogen and oxygen atoms in total. The zero-order valence-electron chi connectivity index (χ0n) is 13.8. The van der Waals surface area contributed by atoms with Gasteiger partial charge < -0.3 is 5.32 Å². The number of nitrogens with one attached hydrogen (secondary N) is 1. The topological polar surface area (TPSA) is 115 Å². The number of hydrogen-bond acceptors (Lipinski definition) is 6. The molecule has 0 radical (unpaired) electrons. The number of amides is 1. The average Bonchev–Trinajstić information content (AvgIpc) is 2.97. The number of aromatic nitrogens is 2. The summed E-state index contributed by atoms with van der Waals surface area (Å²) in [5.74, 6) is -0.287. The van der Waals surface area contributed by atoms with Gasteiger partial charge in [-0.15, -0.1) is 0 Å². The third-order valence-corrected chi connectivity index (χ3v) is 6.16. The van der Waals surface area contributed by atoms with Crippen LogP contribution in [0.3, 0.4) is 0 Å². The van der Waals surface area contributed by atoms with E-state index >= 15 is 0 Å². The molecular formula is C17H16N4O3S2. The molecule has 0 aliphatic heterocycles. The van der Waals surface area contributed by atoms with Crippen molar-refractivity contribution in [2.75, 3.05) is 5.32 Å². The second-order valence-corrected chi connectivity index (χ2v) is 8.33. The first-order valence-electron chi connectivity index (χ1n) is 7.63. The standard InChI is InChI=1S/C17H16N4O3S2/c1-11-16(26(18,23)24)25-17(20-11)21-15(22)10-12-5-7-13(8-6-12)14-4-2-3-9-19-14/h2-9H,10H2,1H3,(H2,18,23,24)(H,20,21,22). The molecule has 0 spiro atoms. The fraction of sp³-hybridized carbons (Fsp3) is 0.118. The van der Waals surface area contributed by atoms with Gasteiger partial charge in [-0.3, -0.25) is 9.78 Å². The molecule has 0 unspecified atom stereocenters. The van der Waals surface area contributed by atoms with Gasteiger partial charge in [0.2, 0.25) is 15.9 Å². The minimum Gasteiger partial charge on any atom is -0.302 e. The van der Waals surface area contributed by atoms with Crippen molar-refractivity contribution >= 4 is 32.4 Å². The zero-order chi connectivity index (χ0) is 18.7. The number of pyridine rings is 1. The van der Waals surface area contributed by atoms with E-state index in [4.69, 9.17) is 5.14 Å². The lowest BCUT2D eigenvalue weighted by molar-refractivity contribution is -0.115. The Balaban J connectivity index is 1.67. The van der Waals surface area contributed by atoms with E-state index in [1.54, 1.807) is 6.20 Å². The first-order chi connectivity index (χ1) is 12.3. The maximum absolute atomic E-state index is 12.2. The number of aryl methyl sites for hydroxylation is 1. The van der Waals surface area contributed by atoms with Crippen LogP contribution in [0.1, 0.15) is 11.3 Å². The van der Waals surface area contributed by atoms with Crippen molar-refractivity contribution in [3.63, 3.8) is 0 Å². The van der Waals surface area contributed by atoms with E-state index in [0.29, 0.717) is 0 Å². The fourth-order valence-corrected chi connectivity index (χ4v) is 4.25. The van der Waals surface area contributed by atoms with E-state index in [9.17, 15) is 13.2 Å². The molecule has 0 saturated carbocycles. The van der Waals surface area contributed by atoms with Gasteiger partial charge in [0.05, 0.1) is 17.8 Å². The van der Waals surface area contributed by atoms with E-state index in [0.717, 1.165) is 28.2 Å². The molecule has 0 fully saturated rings. The molecule has 0 atom stereocenters. The van der Waals surface area contributed by atoms with Gasteiger partial charge in [0.25, 0.3) is 0 Å². The first kappa shape index (κ1) is 18.2. The SMILES string of the molecule is Cc1nc(NC(=O)Cc2ccc(-c3ccccn3)cc2)sc1S(N)(=O)=O. The largest absolute Gasteiger partial charge is 0.302 e. The molecule has 0 aliphatic carbocycles. The highest BCUT2D eigenvalue weighted by atomic mass is 32.2. The Morgan fingerprint density at radius 1 is 1.19 bits per heavy atom. The summed E-state index contributed by atoms with van der Waals surface area (Å²) < 4.78 is 22.8. The number of nitrogens with two attached hydrogens (primary N) is 1. The molecule has 1 amide bonds. The quantitative estimate of drug-likeness (QED) is 0.696. The van der Waals surface area contributed by atoms with Crippen LogP contribution in [0.4, 0.5) is 5.13 Å². The predicted octanol–water partition coefficient (Wildman–Crippen LogP) is 2.34. The van der Waals surface area contributed by atoms with Crippen LogP contribution in [0, 0.1) is 6.92 Å². The Morgan fingerprint density at radius 2 is 1.92 bits per heavy atom. The van der Waals surface area contributed by atoms with Crippen molar-refractivity contribution in [2.24, 2.45) is 5.14 Å². The molecule has 0 saturated heterocycles. The van der Waals surface area contributed by atoms with E-state index in [-0.39, 0.29) is 27.4 Å². The summed E-state index contributed by atoms with van der Waals surface area (Å²) in [4.78, 5) is 20.5. The van der Waals surface area contributed by atoms with E-state index in [1.165, 1.54) is 6.92 Å². The molecule has 3 rings (SSSR count). The number of thiazole rings is 1. The van der Waals surface area contributed by atoms with E-state index in [2.05, 4.69) is 15.3 Å². The van der Waals surface area contributed by atoms with Gasteiger partial charge in [-0.25, -0.2) is 18.5 Å². The molecule has 0 bridgehead atoms. The Kier molecular flexibility index (Phi) is 5.12. The maximum atomic E-state index is 12.2. The molecular weight excluding hydrogens is 372 g/mol. The van der Waals surface area contributed by atoms with Crippen LogP contribution in [0.15, 0.2) is 52.9 Å². The summed E-state index contributed by atoms with van der Waals surface area (Å²) in [5, 5.41) is 7.93. The number of anilines is 1. The normalized spacial score (nSPS) is 11.3. The lowest BCUT2D eigenvalue weighted by Gasteiger charge is -2.04. The van der Waals surface area contributed by atoms with Gasteiger partial charge in [-0.2, -0.15) is 0 Å². The monoisotopic (exact) mass is 388 g/mol. The molecule has 134 valence electrons. The van der Waals surface area contributed by atoms with Crippen LogP contribution in [0.5, 0.6) is 0 Å². The lowest BCUT2D eigenvalue weighted by atomic mass is 10.1. The summed E-state index contributed by atoms with van der Waals surface area (Å²) in [5.41, 5.74) is 2.91. The Labute approximate surface area is 155 Å². The number of rotatable bonds is 5. The number of hydrogen-bond donors (Lipinski definition) is 2. The number of sulfonamides is 1. The van der Waals surface area contributed by atoms with Crippen molar-refractivity contribution in [3.8, 4) is 11.3 Å². The van der Waals surface area contributed by atoms with Crippen molar-refractivity contribution < 1.29 is 13.2 Å². The number of primary sulfonamides is 1. The summed E-state index contributed by atoms with van der Waals surface area (Å²) in [7, 11) is -3.84. The highest BCUT2D eigenvalue weighted by Crippen LogP contribution is 2.26. The first-order valence-corrected chi connectivity index (χ1v) is 9.99. The summed E-state index contributed by atoms with van der Waals surface area (Å²) in [6, 6.07) is 13.2. The molecule has 0 aliphatic rings. The van der Waals surface area contributed by atoms with Crippen molar-refractivity contribution in [2.45, 2.75) is 17.6 Å². The number of carbonyl (C=O) groups excluding carboxylic acids is 1. The lowest BCUT2D eigenvalue weighted by Crippen LogP contribution is -2.14. The van der Waals surface area contributed by atoms with Crippen molar-refractivity contribution in [3.05, 3.63) is 59.9 Å². The smallest absolute Gasteiger partial charge is 0.249 e. The third-order valence-electron chi connectivity index (χ3n) is 3.54. The van der Waals surface area contributed by atoms with E-state index < -0.39 is 10.0 Å². The van der Waals surface area contributed by atoms with Gasteiger partial charge in [-0.05, 0) is 24.6 Å². The average molecular weight is 388 g/mol. The second-order valence-electron chi connectivity index (χ2n) is 5.57. The fourth-order valence-electron chi connectivity index (χ4n) is 2.38. The van der Waals surface area contributed by atoms with E-state index in [1.807, 2.05) is 42.5 Å². The van der Waals surface area contributed by atoms with Gasteiger partial charge in [0.15, 0.2) is 9.34 Å². The van der Waals surface area contributed by atoms with Crippen molar-refractivity contribution in [1.82, 2.24) is 9.97 Å². The minimum absolute atomic E-state index is 0.0486. The molecule has 1 aromatic carbocycles. The number of carbonyl (C=O) groups is 1. The highest BCUT2D eigenvalue weighted by molar-refractivity contribution is 7.91. The van der Waals surface area contributed by atoms with Gasteiger partial charge in [0.1, 0.15) is 0 Å². The van der Waals surface area contributed by atoms with Crippen LogP contribution < -0.4 is 10.5 Å². The molecule has 3 N–H and O–H groups in total. The highest BCUT2D eigenvalue weighted by Gasteiger charge is 2.18. The Hall–Kier alpha value is -2.62. The zero-order valence-corrected chi connectivity index (χ0v) is 15.5. The molecule has 26 heavy (non-hydrogen) atoms. The van der Waals surface area contributed by atoms with Crippen molar-refractivity contribution in [1.29, 1.82) is 0 Å². The summed E-state index contributed by atoms with van der Waals surface area (Å²) >= 11 is 0.841. The number of nitrogens with zero attached hydrogens (tertiary/aromatic N) is 2. The van der Waals surface area contributed by atoms with Gasteiger partial charge >= 0.3 is 0 Å². The molecule has 2 heterocycles. The van der Waals surface area contributed by atoms with Crippen LogP contribution in [0.25, 0.3) is 11.3 Å². The van der Waals surface area contributed by atoms with Crippen LogP contribution in [0.2, 0.25) is 0 Å². The summed E-state index contributed by atoms with van der Waals surface area (Å²) in [6.07, 6.45) is 1.87. The third kappa shape index (κ3) is 4.31. The number of benzene rings is 1. The molecule has 9 heteroatoms. The Morgan fingerprint density at radius 3 is 2.50 bits per heavy atom. The van der Waals surface area contributed by atoms with Crippen LogP contribution in [-0.2, 0) is 21.2 Å². The predicted molar refractivity (Wildman–Crippen MR) is 100 cm³/mol. The van der Waals surface area contributed by atoms with Crippen LogP contribution in [-0.4, -0.2) is 24.3 Å². The van der Waals surface area contributed by atoms with Gasteiger partial charge in [-0.1, -0.05) is 41.7 Å². The molecule has 2 aromatic heterocycles.